The number of nitrogens with one attached hydrogen (secondary N) is 1. The summed E-state index contributed by atoms with van der Waals surface area (Å²) < 4.78 is 41.7. The van der Waals surface area contributed by atoms with E-state index in [1.54, 1.807) is 30.3 Å². The Morgan fingerprint density at radius 1 is 1.07 bits per heavy atom. The average molecular weight is 389 g/mol. The number of benzene rings is 2. The Hall–Kier alpha value is -3.13. The molecule has 0 aliphatic carbocycles. The normalized spacial score (nSPS) is 12.6. The highest BCUT2D eigenvalue weighted by Gasteiger charge is 2.40. The minimum absolute atomic E-state index is 0.192. The average Bonchev–Trinajstić information content (AvgIpc) is 3.15. The van der Waals surface area contributed by atoms with Gasteiger partial charge in [0.25, 0.3) is 5.91 Å². The van der Waals surface area contributed by atoms with Crippen molar-refractivity contribution in [3.8, 4) is 5.69 Å². The number of aliphatic hydroxyl groups excluding tert-OH is 1. The zero-order valence-corrected chi connectivity index (χ0v) is 14.7. The molecule has 0 bridgehead atoms. The van der Waals surface area contributed by atoms with Crippen LogP contribution in [0.3, 0.4) is 0 Å². The first-order valence-electron chi connectivity index (χ1n) is 8.56. The minimum atomic E-state index is -4.78. The second-order valence-electron chi connectivity index (χ2n) is 6.19. The van der Waals surface area contributed by atoms with Gasteiger partial charge in [0.2, 0.25) is 0 Å². The van der Waals surface area contributed by atoms with E-state index in [0.717, 1.165) is 11.8 Å². The van der Waals surface area contributed by atoms with E-state index in [4.69, 9.17) is 0 Å². The van der Waals surface area contributed by atoms with Crippen molar-refractivity contribution in [1.82, 2.24) is 15.1 Å². The highest BCUT2D eigenvalue weighted by Crippen LogP contribution is 2.33. The summed E-state index contributed by atoms with van der Waals surface area (Å²) >= 11 is 0. The predicted octanol–water partition coefficient (Wildman–Crippen LogP) is 3.22. The molecule has 2 aromatic carbocycles. The van der Waals surface area contributed by atoms with Crippen molar-refractivity contribution in [2.24, 2.45) is 0 Å². The Bertz CT molecular complexity index is 925. The minimum Gasteiger partial charge on any atom is -0.394 e. The van der Waals surface area contributed by atoms with Crippen LogP contribution in [-0.2, 0) is 12.6 Å². The first kappa shape index (κ1) is 19.6. The van der Waals surface area contributed by atoms with Gasteiger partial charge in [-0.15, -0.1) is 0 Å². The lowest BCUT2D eigenvalue weighted by Crippen LogP contribution is -2.39. The van der Waals surface area contributed by atoms with Gasteiger partial charge in [-0.05, 0) is 24.1 Å². The number of nitrogens with zero attached hydrogens (tertiary/aromatic N) is 2. The lowest BCUT2D eigenvalue weighted by atomic mass is 10.1. The molecular formula is C20H18F3N3O2. The van der Waals surface area contributed by atoms with Crippen LogP contribution in [0.1, 0.15) is 21.6 Å². The molecule has 1 atom stereocenters. The van der Waals surface area contributed by atoms with Crippen LogP contribution < -0.4 is 5.32 Å². The van der Waals surface area contributed by atoms with Gasteiger partial charge in [-0.25, -0.2) is 4.68 Å². The molecule has 1 amide bonds. The summed E-state index contributed by atoms with van der Waals surface area (Å²) in [5.41, 5.74) is -0.717. The molecule has 146 valence electrons. The number of aromatic nitrogens is 2. The summed E-state index contributed by atoms with van der Waals surface area (Å²) in [6.45, 7) is -0.408. The van der Waals surface area contributed by atoms with Gasteiger partial charge in [0.1, 0.15) is 0 Å². The van der Waals surface area contributed by atoms with Crippen LogP contribution in [0.2, 0.25) is 0 Å². The number of para-hydroxylation sites is 1. The molecule has 0 saturated carbocycles. The van der Waals surface area contributed by atoms with Crippen LogP contribution in [0.15, 0.2) is 66.9 Å². The second kappa shape index (κ2) is 8.26. The van der Waals surface area contributed by atoms with Gasteiger partial charge in [0.15, 0.2) is 5.69 Å². The molecular weight excluding hydrogens is 371 g/mol. The van der Waals surface area contributed by atoms with Crippen LogP contribution in [-0.4, -0.2) is 33.4 Å². The van der Waals surface area contributed by atoms with E-state index < -0.39 is 36.0 Å². The van der Waals surface area contributed by atoms with E-state index in [9.17, 15) is 23.1 Å². The largest absolute Gasteiger partial charge is 0.434 e. The molecule has 0 aliphatic rings. The number of alkyl halides is 3. The Labute approximate surface area is 159 Å². The first-order valence-corrected chi connectivity index (χ1v) is 8.56. The number of halogens is 3. The van der Waals surface area contributed by atoms with Crippen molar-refractivity contribution in [3.05, 3.63) is 83.7 Å². The molecule has 28 heavy (non-hydrogen) atoms. The van der Waals surface area contributed by atoms with Crippen molar-refractivity contribution in [2.75, 3.05) is 6.61 Å². The molecule has 3 aromatic rings. The fourth-order valence-electron chi connectivity index (χ4n) is 2.88. The maximum absolute atomic E-state index is 13.7. The first-order chi connectivity index (χ1) is 13.4. The monoisotopic (exact) mass is 389 g/mol. The van der Waals surface area contributed by atoms with Crippen LogP contribution in [0.4, 0.5) is 13.2 Å². The third kappa shape index (κ3) is 4.40. The van der Waals surface area contributed by atoms with E-state index in [2.05, 4.69) is 10.4 Å². The lowest BCUT2D eigenvalue weighted by Gasteiger charge is -2.17. The van der Waals surface area contributed by atoms with Gasteiger partial charge < -0.3 is 10.4 Å². The van der Waals surface area contributed by atoms with Crippen molar-refractivity contribution < 1.29 is 23.1 Å². The summed E-state index contributed by atoms with van der Waals surface area (Å²) in [6.07, 6.45) is -3.60. The predicted molar refractivity (Wildman–Crippen MR) is 97.1 cm³/mol. The molecule has 0 aliphatic heterocycles. The lowest BCUT2D eigenvalue weighted by molar-refractivity contribution is -0.143. The van der Waals surface area contributed by atoms with E-state index in [-0.39, 0.29) is 12.1 Å². The van der Waals surface area contributed by atoms with Crippen molar-refractivity contribution >= 4 is 5.91 Å². The van der Waals surface area contributed by atoms with E-state index >= 15 is 0 Å². The van der Waals surface area contributed by atoms with Crippen molar-refractivity contribution in [1.29, 1.82) is 0 Å². The Kier molecular flexibility index (Phi) is 5.79. The summed E-state index contributed by atoms with van der Waals surface area (Å²) in [5, 5.41) is 15.8. The SMILES string of the molecule is O=C(N[C@H](CO)Cc1ccccc1)c1cnn(-c2ccccc2)c1C(F)(F)F. The molecule has 0 spiro atoms. The molecule has 5 nitrogen and oxygen atoms in total. The van der Waals surface area contributed by atoms with Crippen LogP contribution in [0.25, 0.3) is 5.69 Å². The third-order valence-electron chi connectivity index (χ3n) is 4.16. The molecule has 0 saturated heterocycles. The van der Waals surface area contributed by atoms with Crippen LogP contribution in [0.5, 0.6) is 0 Å². The summed E-state index contributed by atoms with van der Waals surface area (Å²) in [5.74, 6) is -0.940. The van der Waals surface area contributed by atoms with Crippen molar-refractivity contribution in [3.63, 3.8) is 0 Å². The number of amides is 1. The summed E-state index contributed by atoms with van der Waals surface area (Å²) in [7, 11) is 0. The van der Waals surface area contributed by atoms with E-state index in [0.29, 0.717) is 4.68 Å². The number of hydrogen-bond acceptors (Lipinski definition) is 3. The smallest absolute Gasteiger partial charge is 0.394 e. The van der Waals surface area contributed by atoms with Gasteiger partial charge in [0, 0.05) is 0 Å². The maximum Gasteiger partial charge on any atom is 0.434 e. The van der Waals surface area contributed by atoms with Gasteiger partial charge in [-0.3, -0.25) is 4.79 Å². The molecule has 0 fully saturated rings. The topological polar surface area (TPSA) is 67.2 Å². The highest BCUT2D eigenvalue weighted by atomic mass is 19.4. The zero-order valence-electron chi connectivity index (χ0n) is 14.7. The van der Waals surface area contributed by atoms with Gasteiger partial charge in [0.05, 0.1) is 30.1 Å². The van der Waals surface area contributed by atoms with Gasteiger partial charge >= 0.3 is 6.18 Å². The second-order valence-corrected chi connectivity index (χ2v) is 6.19. The number of rotatable bonds is 6. The van der Waals surface area contributed by atoms with Gasteiger partial charge in [-0.2, -0.15) is 18.3 Å². The molecule has 1 heterocycles. The van der Waals surface area contributed by atoms with E-state index in [1.165, 1.54) is 12.1 Å². The molecule has 0 unspecified atom stereocenters. The van der Waals surface area contributed by atoms with Crippen molar-refractivity contribution in [2.45, 2.75) is 18.6 Å². The zero-order chi connectivity index (χ0) is 20.1. The number of carbonyl (C=O) groups is 1. The van der Waals surface area contributed by atoms with Gasteiger partial charge in [-0.1, -0.05) is 48.5 Å². The fraction of sp³-hybridized carbons (Fsp3) is 0.200. The number of hydrogen-bond donors (Lipinski definition) is 2. The fourth-order valence-corrected chi connectivity index (χ4v) is 2.88. The third-order valence-corrected chi connectivity index (χ3v) is 4.16. The van der Waals surface area contributed by atoms with Crippen LogP contribution in [0, 0.1) is 0 Å². The Balaban J connectivity index is 1.88. The summed E-state index contributed by atoms with van der Waals surface area (Å²) in [6, 6.07) is 16.1. The molecule has 3 rings (SSSR count). The molecule has 0 radical (unpaired) electrons. The summed E-state index contributed by atoms with van der Waals surface area (Å²) in [4.78, 5) is 12.5. The molecule has 8 heteroatoms. The van der Waals surface area contributed by atoms with E-state index in [1.807, 2.05) is 18.2 Å². The highest BCUT2D eigenvalue weighted by molar-refractivity contribution is 5.95. The molecule has 2 N–H and O–H groups in total. The number of aliphatic hydroxyl groups is 1. The number of carbonyl (C=O) groups excluding carboxylic acids is 1. The Morgan fingerprint density at radius 3 is 2.25 bits per heavy atom. The quantitative estimate of drug-likeness (QED) is 0.680. The van der Waals surface area contributed by atoms with Crippen LogP contribution >= 0.6 is 0 Å². The standard InChI is InChI=1S/C20H18F3N3O2/c21-20(22,23)18-17(12-24-26(18)16-9-5-2-6-10-16)19(28)25-15(13-27)11-14-7-3-1-4-8-14/h1-10,12,15,27H,11,13H2,(H,25,28)/t15-/m0/s1. The maximum atomic E-state index is 13.7. The molecule has 1 aromatic heterocycles. The Morgan fingerprint density at radius 2 is 1.68 bits per heavy atom.